The van der Waals surface area contributed by atoms with E-state index in [1.165, 1.54) is 11.8 Å². The highest BCUT2D eigenvalue weighted by atomic mass is 32.2. The molecule has 4 rings (SSSR count). The fraction of sp³-hybridized carbons (Fsp3) is 0.250. The number of nitrogens with one attached hydrogen (secondary N) is 1. The molecule has 1 amide bonds. The third kappa shape index (κ3) is 3.97. The number of aromatic nitrogens is 3. The van der Waals surface area contributed by atoms with Crippen LogP contribution in [0.2, 0.25) is 0 Å². The van der Waals surface area contributed by atoms with Crippen LogP contribution in [0.3, 0.4) is 0 Å². The van der Waals surface area contributed by atoms with Crippen molar-refractivity contribution in [2.45, 2.75) is 18.6 Å². The predicted molar refractivity (Wildman–Crippen MR) is 95.9 cm³/mol. The molecule has 0 unspecified atom stereocenters. The average Bonchev–Trinajstić information content (AvgIpc) is 3.34. The standard InChI is InChI=1S/C16H14N4O4S2/c1-9-17-11(6-25-9)5-15-19-20-16(24-15)26-7-14(21)18-10-2-3-12-13(4-10)23-8-22-12/h2-4,6H,5,7-8H2,1H3,(H,18,21). The Morgan fingerprint density at radius 2 is 2.19 bits per heavy atom. The molecule has 10 heteroatoms. The Bertz CT molecular complexity index is 940. The van der Waals surface area contributed by atoms with E-state index < -0.39 is 0 Å². The van der Waals surface area contributed by atoms with E-state index >= 15 is 0 Å². The van der Waals surface area contributed by atoms with E-state index in [-0.39, 0.29) is 18.5 Å². The summed E-state index contributed by atoms with van der Waals surface area (Å²) in [5, 5.41) is 14.0. The number of carbonyl (C=O) groups is 1. The number of ether oxygens (including phenoxy) is 2. The average molecular weight is 390 g/mol. The van der Waals surface area contributed by atoms with Crippen LogP contribution in [0.15, 0.2) is 33.2 Å². The Morgan fingerprint density at radius 3 is 3.04 bits per heavy atom. The Hall–Kier alpha value is -2.59. The van der Waals surface area contributed by atoms with Gasteiger partial charge in [0.25, 0.3) is 5.22 Å². The van der Waals surface area contributed by atoms with E-state index in [1.54, 1.807) is 29.5 Å². The predicted octanol–water partition coefficient (Wildman–Crippen LogP) is 2.88. The van der Waals surface area contributed by atoms with Gasteiger partial charge in [0, 0.05) is 17.1 Å². The lowest BCUT2D eigenvalue weighted by molar-refractivity contribution is -0.113. The van der Waals surface area contributed by atoms with Gasteiger partial charge in [-0.05, 0) is 19.1 Å². The second-order valence-electron chi connectivity index (χ2n) is 5.40. The van der Waals surface area contributed by atoms with Crippen molar-refractivity contribution in [2.24, 2.45) is 0 Å². The van der Waals surface area contributed by atoms with E-state index in [2.05, 4.69) is 20.5 Å². The van der Waals surface area contributed by atoms with E-state index in [0.29, 0.717) is 34.7 Å². The molecule has 0 spiro atoms. The van der Waals surface area contributed by atoms with E-state index in [4.69, 9.17) is 13.9 Å². The summed E-state index contributed by atoms with van der Waals surface area (Å²) in [5.41, 5.74) is 1.54. The minimum Gasteiger partial charge on any atom is -0.454 e. The molecule has 0 aliphatic carbocycles. The number of anilines is 1. The van der Waals surface area contributed by atoms with Gasteiger partial charge in [-0.2, -0.15) is 0 Å². The van der Waals surface area contributed by atoms with Crippen LogP contribution in [0.1, 0.15) is 16.6 Å². The van der Waals surface area contributed by atoms with Gasteiger partial charge in [0.2, 0.25) is 18.6 Å². The molecule has 0 radical (unpaired) electrons. The van der Waals surface area contributed by atoms with Crippen molar-refractivity contribution < 1.29 is 18.7 Å². The topological polar surface area (TPSA) is 99.4 Å². The number of hydrogen-bond acceptors (Lipinski definition) is 9. The van der Waals surface area contributed by atoms with Crippen molar-refractivity contribution in [1.29, 1.82) is 0 Å². The van der Waals surface area contributed by atoms with E-state index in [1.807, 2.05) is 12.3 Å². The first-order chi connectivity index (χ1) is 12.7. The van der Waals surface area contributed by atoms with Crippen molar-refractivity contribution in [3.8, 4) is 11.5 Å². The van der Waals surface area contributed by atoms with Gasteiger partial charge in [0.1, 0.15) is 0 Å². The zero-order valence-corrected chi connectivity index (χ0v) is 15.4. The van der Waals surface area contributed by atoms with Gasteiger partial charge in [-0.15, -0.1) is 21.5 Å². The quantitative estimate of drug-likeness (QED) is 0.642. The Labute approximate surface area is 156 Å². The highest BCUT2D eigenvalue weighted by Crippen LogP contribution is 2.34. The van der Waals surface area contributed by atoms with Crippen molar-refractivity contribution in [1.82, 2.24) is 15.2 Å². The van der Waals surface area contributed by atoms with Gasteiger partial charge >= 0.3 is 0 Å². The molecule has 134 valence electrons. The largest absolute Gasteiger partial charge is 0.454 e. The summed E-state index contributed by atoms with van der Waals surface area (Å²) in [7, 11) is 0. The molecule has 1 aliphatic heterocycles. The molecule has 0 fully saturated rings. The molecule has 0 saturated heterocycles. The van der Waals surface area contributed by atoms with Crippen LogP contribution in [0, 0.1) is 6.92 Å². The summed E-state index contributed by atoms with van der Waals surface area (Å²) >= 11 is 2.76. The molecule has 1 N–H and O–H groups in total. The van der Waals surface area contributed by atoms with Crippen molar-refractivity contribution in [3.05, 3.63) is 40.2 Å². The Kier molecular flexibility index (Phi) is 4.76. The minimum atomic E-state index is -0.177. The summed E-state index contributed by atoms with van der Waals surface area (Å²) in [5.74, 6) is 1.75. The second-order valence-corrected chi connectivity index (χ2v) is 7.39. The number of amides is 1. The molecule has 3 aromatic rings. The number of fused-ring (bicyclic) bond motifs is 1. The molecule has 0 atom stereocenters. The maximum atomic E-state index is 12.1. The Morgan fingerprint density at radius 1 is 1.31 bits per heavy atom. The molecular weight excluding hydrogens is 376 g/mol. The molecule has 1 aliphatic rings. The van der Waals surface area contributed by atoms with Crippen LogP contribution in [0.25, 0.3) is 0 Å². The number of rotatable bonds is 6. The zero-order chi connectivity index (χ0) is 17.9. The lowest BCUT2D eigenvalue weighted by Gasteiger charge is -2.05. The monoisotopic (exact) mass is 390 g/mol. The number of benzene rings is 1. The zero-order valence-electron chi connectivity index (χ0n) is 13.7. The SMILES string of the molecule is Cc1nc(Cc2nnc(SCC(=O)Nc3ccc4c(c3)OCO4)o2)cs1. The Balaban J connectivity index is 1.29. The fourth-order valence-electron chi connectivity index (χ4n) is 2.31. The van der Waals surface area contributed by atoms with Gasteiger partial charge in [0.05, 0.1) is 22.9 Å². The van der Waals surface area contributed by atoms with Gasteiger partial charge in [-0.25, -0.2) is 4.98 Å². The molecule has 2 aromatic heterocycles. The third-order valence-corrected chi connectivity index (χ3v) is 5.07. The van der Waals surface area contributed by atoms with E-state index in [9.17, 15) is 4.79 Å². The first-order valence-corrected chi connectivity index (χ1v) is 9.58. The van der Waals surface area contributed by atoms with Crippen LogP contribution in [0.4, 0.5) is 5.69 Å². The molecule has 1 aromatic carbocycles. The number of thiazole rings is 1. The second kappa shape index (κ2) is 7.34. The maximum absolute atomic E-state index is 12.1. The van der Waals surface area contributed by atoms with Gasteiger partial charge < -0.3 is 19.2 Å². The van der Waals surface area contributed by atoms with Crippen LogP contribution in [0.5, 0.6) is 11.5 Å². The van der Waals surface area contributed by atoms with Crippen molar-refractivity contribution >= 4 is 34.7 Å². The summed E-state index contributed by atoms with van der Waals surface area (Å²) in [6.07, 6.45) is 0.487. The van der Waals surface area contributed by atoms with Crippen LogP contribution >= 0.6 is 23.1 Å². The third-order valence-electron chi connectivity index (χ3n) is 3.43. The first kappa shape index (κ1) is 16.9. The van der Waals surface area contributed by atoms with E-state index in [0.717, 1.165) is 10.7 Å². The van der Waals surface area contributed by atoms with Crippen LogP contribution < -0.4 is 14.8 Å². The molecular formula is C16H14N4O4S2. The summed E-state index contributed by atoms with van der Waals surface area (Å²) < 4.78 is 16.1. The highest BCUT2D eigenvalue weighted by molar-refractivity contribution is 7.99. The number of hydrogen-bond donors (Lipinski definition) is 1. The molecule has 3 heterocycles. The first-order valence-electron chi connectivity index (χ1n) is 7.71. The summed E-state index contributed by atoms with van der Waals surface area (Å²) in [6, 6.07) is 5.25. The summed E-state index contributed by atoms with van der Waals surface area (Å²) in [6.45, 7) is 2.14. The van der Waals surface area contributed by atoms with Crippen molar-refractivity contribution in [2.75, 3.05) is 17.9 Å². The smallest absolute Gasteiger partial charge is 0.277 e. The van der Waals surface area contributed by atoms with Crippen LogP contribution in [-0.2, 0) is 11.2 Å². The van der Waals surface area contributed by atoms with Crippen LogP contribution in [-0.4, -0.2) is 33.6 Å². The number of nitrogens with zero attached hydrogens (tertiary/aromatic N) is 3. The lowest BCUT2D eigenvalue weighted by Crippen LogP contribution is -2.13. The summed E-state index contributed by atoms with van der Waals surface area (Å²) in [4.78, 5) is 16.4. The number of thioether (sulfide) groups is 1. The molecule has 26 heavy (non-hydrogen) atoms. The molecule has 0 saturated carbocycles. The van der Waals surface area contributed by atoms with Crippen molar-refractivity contribution in [3.63, 3.8) is 0 Å². The number of aryl methyl sites for hydroxylation is 1. The van der Waals surface area contributed by atoms with Gasteiger partial charge in [0.15, 0.2) is 11.5 Å². The highest BCUT2D eigenvalue weighted by Gasteiger charge is 2.15. The molecule has 0 bridgehead atoms. The van der Waals surface area contributed by atoms with Gasteiger partial charge in [-0.3, -0.25) is 4.79 Å². The minimum absolute atomic E-state index is 0.159. The van der Waals surface area contributed by atoms with Gasteiger partial charge in [-0.1, -0.05) is 11.8 Å². The maximum Gasteiger partial charge on any atom is 0.277 e. The fourth-order valence-corrected chi connectivity index (χ4v) is 3.50. The molecule has 8 nitrogen and oxygen atoms in total. The normalized spacial score (nSPS) is 12.3. The lowest BCUT2D eigenvalue weighted by atomic mass is 10.3. The number of carbonyl (C=O) groups excluding carboxylic acids is 1.